The van der Waals surface area contributed by atoms with E-state index in [0.29, 0.717) is 30.6 Å². The van der Waals surface area contributed by atoms with Crippen molar-refractivity contribution in [1.29, 1.82) is 0 Å². The van der Waals surface area contributed by atoms with Gasteiger partial charge in [0.25, 0.3) is 11.8 Å². The van der Waals surface area contributed by atoms with E-state index >= 15 is 0 Å². The first-order chi connectivity index (χ1) is 14.6. The van der Waals surface area contributed by atoms with Gasteiger partial charge < -0.3 is 21.1 Å². The van der Waals surface area contributed by atoms with Gasteiger partial charge in [0.15, 0.2) is 0 Å². The molecular weight excluding hydrogens is 394 g/mol. The van der Waals surface area contributed by atoms with E-state index in [1.807, 2.05) is 12.1 Å². The molecule has 7 nitrogen and oxygen atoms in total. The van der Waals surface area contributed by atoms with Gasteiger partial charge in [-0.05, 0) is 54.7 Å². The lowest BCUT2D eigenvalue weighted by molar-refractivity contribution is -0.122. The second kappa shape index (κ2) is 10.6. The summed E-state index contributed by atoms with van der Waals surface area (Å²) in [7, 11) is 0. The Morgan fingerprint density at radius 3 is 2.16 bits per heavy atom. The highest BCUT2D eigenvalue weighted by molar-refractivity contribution is 5.97. The fourth-order valence-corrected chi connectivity index (χ4v) is 2.87. The lowest BCUT2D eigenvalue weighted by atomic mass is 9.86. The summed E-state index contributed by atoms with van der Waals surface area (Å²) in [5.74, 6) is -0.859. The number of hydrogen-bond donors (Lipinski definition) is 4. The highest BCUT2D eigenvalue weighted by atomic mass is 16.3. The van der Waals surface area contributed by atoms with Crippen LogP contribution in [0.1, 0.15) is 60.4 Å². The summed E-state index contributed by atoms with van der Waals surface area (Å²) in [5.41, 5.74) is 2.01. The van der Waals surface area contributed by atoms with Gasteiger partial charge >= 0.3 is 0 Å². The fourth-order valence-electron chi connectivity index (χ4n) is 2.87. The maximum atomic E-state index is 12.4. The van der Waals surface area contributed by atoms with Crippen LogP contribution in [0.3, 0.4) is 0 Å². The number of hydrogen-bond acceptors (Lipinski definition) is 4. The third-order valence-electron chi connectivity index (χ3n) is 4.80. The van der Waals surface area contributed by atoms with Gasteiger partial charge in [-0.15, -0.1) is 0 Å². The van der Waals surface area contributed by atoms with Crippen molar-refractivity contribution in [3.63, 3.8) is 0 Å². The Hall–Kier alpha value is -3.35. The molecule has 31 heavy (non-hydrogen) atoms. The number of phenols is 1. The van der Waals surface area contributed by atoms with E-state index in [-0.39, 0.29) is 28.9 Å². The Bertz CT molecular complexity index is 917. The molecule has 0 aliphatic rings. The van der Waals surface area contributed by atoms with Gasteiger partial charge in [-0.2, -0.15) is 0 Å². The molecule has 0 aliphatic carbocycles. The minimum Gasteiger partial charge on any atom is -0.508 e. The molecular formula is C24H31N3O4. The summed E-state index contributed by atoms with van der Waals surface area (Å²) in [6.45, 7) is 8.67. The van der Waals surface area contributed by atoms with Crippen LogP contribution in [0.5, 0.6) is 5.75 Å². The predicted molar refractivity (Wildman–Crippen MR) is 120 cm³/mol. The molecule has 0 aromatic heterocycles. The van der Waals surface area contributed by atoms with Gasteiger partial charge in [-0.3, -0.25) is 14.4 Å². The molecule has 0 aliphatic heterocycles. The highest BCUT2D eigenvalue weighted by Crippen LogP contribution is 2.22. The van der Waals surface area contributed by atoms with Crippen LogP contribution in [-0.4, -0.2) is 42.0 Å². The largest absolute Gasteiger partial charge is 0.508 e. The molecule has 1 unspecified atom stereocenters. The van der Waals surface area contributed by atoms with Crippen molar-refractivity contribution in [3.05, 3.63) is 65.2 Å². The van der Waals surface area contributed by atoms with Gasteiger partial charge in [0, 0.05) is 24.2 Å². The smallest absolute Gasteiger partial charge is 0.251 e. The van der Waals surface area contributed by atoms with Crippen LogP contribution in [0.25, 0.3) is 0 Å². The van der Waals surface area contributed by atoms with Gasteiger partial charge in [0.05, 0.1) is 0 Å². The zero-order chi connectivity index (χ0) is 23.0. The molecule has 0 saturated carbocycles. The number of phenolic OH excluding ortho intramolecular Hbond substituents is 1. The van der Waals surface area contributed by atoms with Crippen molar-refractivity contribution in [2.45, 2.75) is 45.6 Å². The first-order valence-corrected chi connectivity index (χ1v) is 10.3. The predicted octanol–water partition coefficient (Wildman–Crippen LogP) is 2.74. The summed E-state index contributed by atoms with van der Waals surface area (Å²) >= 11 is 0. The first-order valence-electron chi connectivity index (χ1n) is 10.3. The van der Waals surface area contributed by atoms with Crippen molar-refractivity contribution in [1.82, 2.24) is 16.0 Å². The lowest BCUT2D eigenvalue weighted by Gasteiger charge is -2.19. The van der Waals surface area contributed by atoms with Crippen LogP contribution in [0.2, 0.25) is 0 Å². The topological polar surface area (TPSA) is 108 Å². The maximum absolute atomic E-state index is 12.4. The summed E-state index contributed by atoms with van der Waals surface area (Å²) < 4.78 is 0. The van der Waals surface area contributed by atoms with Gasteiger partial charge in [0.2, 0.25) is 5.91 Å². The quantitative estimate of drug-likeness (QED) is 0.488. The summed E-state index contributed by atoms with van der Waals surface area (Å²) in [4.78, 5) is 36.6. The van der Waals surface area contributed by atoms with Crippen molar-refractivity contribution in [3.8, 4) is 5.75 Å². The van der Waals surface area contributed by atoms with E-state index in [0.717, 1.165) is 5.56 Å². The van der Waals surface area contributed by atoms with Crippen LogP contribution < -0.4 is 16.0 Å². The normalized spacial score (nSPS) is 12.0. The Morgan fingerprint density at radius 2 is 1.55 bits per heavy atom. The molecule has 0 spiro atoms. The third-order valence-corrected chi connectivity index (χ3v) is 4.80. The van der Waals surface area contributed by atoms with Crippen LogP contribution in [0, 0.1) is 0 Å². The number of benzene rings is 2. The van der Waals surface area contributed by atoms with Crippen LogP contribution in [0.15, 0.2) is 48.5 Å². The molecule has 2 rings (SSSR count). The molecule has 1 atom stereocenters. The minimum atomic E-state index is -0.684. The summed E-state index contributed by atoms with van der Waals surface area (Å²) in [6.07, 6.45) is 0.533. The highest BCUT2D eigenvalue weighted by Gasteiger charge is 2.18. The molecule has 2 aromatic carbocycles. The molecule has 0 radical (unpaired) electrons. The minimum absolute atomic E-state index is 0.00449. The van der Waals surface area contributed by atoms with E-state index in [1.54, 1.807) is 31.2 Å². The fraction of sp³-hybridized carbons (Fsp3) is 0.375. The number of aromatic hydroxyl groups is 1. The Labute approximate surface area is 183 Å². The molecule has 0 heterocycles. The average molecular weight is 426 g/mol. The van der Waals surface area contributed by atoms with Crippen molar-refractivity contribution in [2.24, 2.45) is 0 Å². The zero-order valence-corrected chi connectivity index (χ0v) is 18.5. The molecule has 2 aromatic rings. The Kier molecular flexibility index (Phi) is 8.19. The molecule has 0 bridgehead atoms. The van der Waals surface area contributed by atoms with Gasteiger partial charge in [0.1, 0.15) is 11.8 Å². The number of carbonyl (C=O) groups excluding carboxylic acids is 3. The molecule has 4 N–H and O–H groups in total. The molecule has 0 fully saturated rings. The van der Waals surface area contributed by atoms with Crippen LogP contribution >= 0.6 is 0 Å². The third kappa shape index (κ3) is 7.44. The zero-order valence-electron chi connectivity index (χ0n) is 18.5. The van der Waals surface area contributed by atoms with Gasteiger partial charge in [-0.25, -0.2) is 0 Å². The number of nitrogens with one attached hydrogen (secondary N) is 3. The number of carbonyl (C=O) groups is 3. The molecule has 3 amide bonds. The SMILES string of the molecule is CC(NC(=O)c1ccc(C(C)(C)C)cc1)C(=O)NCCCNC(=O)c1cccc(O)c1. The Morgan fingerprint density at radius 1 is 0.903 bits per heavy atom. The molecule has 0 saturated heterocycles. The Balaban J connectivity index is 1.71. The second-order valence-corrected chi connectivity index (χ2v) is 8.47. The van der Waals surface area contributed by atoms with Crippen LogP contribution in [0.4, 0.5) is 0 Å². The van der Waals surface area contributed by atoms with Crippen LogP contribution in [-0.2, 0) is 10.2 Å². The average Bonchev–Trinajstić information content (AvgIpc) is 2.72. The molecule has 7 heteroatoms. The lowest BCUT2D eigenvalue weighted by Crippen LogP contribution is -2.45. The van der Waals surface area contributed by atoms with E-state index in [9.17, 15) is 19.5 Å². The van der Waals surface area contributed by atoms with E-state index in [4.69, 9.17) is 0 Å². The van der Waals surface area contributed by atoms with E-state index in [1.165, 1.54) is 12.1 Å². The maximum Gasteiger partial charge on any atom is 0.251 e. The second-order valence-electron chi connectivity index (χ2n) is 8.47. The summed E-state index contributed by atoms with van der Waals surface area (Å²) in [5, 5.41) is 17.6. The van der Waals surface area contributed by atoms with Crippen molar-refractivity contribution >= 4 is 17.7 Å². The van der Waals surface area contributed by atoms with E-state index < -0.39 is 6.04 Å². The summed E-state index contributed by atoms with van der Waals surface area (Å²) in [6, 6.07) is 12.8. The van der Waals surface area contributed by atoms with Gasteiger partial charge in [-0.1, -0.05) is 39.0 Å². The number of amides is 3. The first kappa shape index (κ1) is 23.9. The van der Waals surface area contributed by atoms with E-state index in [2.05, 4.69) is 36.7 Å². The number of rotatable bonds is 8. The monoisotopic (exact) mass is 425 g/mol. The van der Waals surface area contributed by atoms with Crippen molar-refractivity contribution < 1.29 is 19.5 Å². The van der Waals surface area contributed by atoms with Crippen molar-refractivity contribution in [2.75, 3.05) is 13.1 Å². The molecule has 166 valence electrons. The standard InChI is InChI=1S/C24H31N3O4/c1-16(27-23(31)17-9-11-19(12-10-17)24(2,3)4)21(29)25-13-6-14-26-22(30)18-7-5-8-20(28)15-18/h5,7-12,15-16,28H,6,13-14H2,1-4H3,(H,25,29)(H,26,30)(H,27,31).